The second kappa shape index (κ2) is 5.50. The molecule has 0 aromatic heterocycles. The zero-order chi connectivity index (χ0) is 11.5. The van der Waals surface area contributed by atoms with Gasteiger partial charge in [-0.15, -0.1) is 0 Å². The Hall–Kier alpha value is -0.0800. The Morgan fingerprint density at radius 2 is 2.12 bits per heavy atom. The second-order valence-corrected chi connectivity index (χ2v) is 5.71. The van der Waals surface area contributed by atoms with Crippen molar-refractivity contribution in [2.75, 3.05) is 19.6 Å². The van der Waals surface area contributed by atoms with Crippen LogP contribution in [0.25, 0.3) is 0 Å². The lowest BCUT2D eigenvalue weighted by Crippen LogP contribution is -2.44. The van der Waals surface area contributed by atoms with Gasteiger partial charge in [0.1, 0.15) is 0 Å². The first-order valence-electron chi connectivity index (χ1n) is 7.23. The van der Waals surface area contributed by atoms with E-state index in [1.165, 1.54) is 45.3 Å². The van der Waals surface area contributed by atoms with Gasteiger partial charge in [-0.3, -0.25) is 4.90 Å². The molecule has 1 N–H and O–H groups in total. The van der Waals surface area contributed by atoms with Crippen LogP contribution in [0.15, 0.2) is 0 Å². The van der Waals surface area contributed by atoms with Gasteiger partial charge in [0.15, 0.2) is 0 Å². The average molecular weight is 224 g/mol. The van der Waals surface area contributed by atoms with Gasteiger partial charge >= 0.3 is 0 Å². The average Bonchev–Trinajstić information content (AvgIpc) is 2.88. The van der Waals surface area contributed by atoms with Crippen LogP contribution in [0.1, 0.15) is 46.5 Å². The first-order valence-corrected chi connectivity index (χ1v) is 7.23. The lowest BCUT2D eigenvalue weighted by atomic mass is 9.93. The Morgan fingerprint density at radius 1 is 1.31 bits per heavy atom. The minimum Gasteiger partial charge on any atom is -0.312 e. The van der Waals surface area contributed by atoms with Gasteiger partial charge in [-0.05, 0) is 51.1 Å². The van der Waals surface area contributed by atoms with Crippen molar-refractivity contribution < 1.29 is 0 Å². The van der Waals surface area contributed by atoms with Crippen molar-refractivity contribution in [1.82, 2.24) is 10.2 Å². The van der Waals surface area contributed by atoms with E-state index < -0.39 is 0 Å². The molecule has 2 nitrogen and oxygen atoms in total. The summed E-state index contributed by atoms with van der Waals surface area (Å²) in [6.07, 6.45) is 5.70. The van der Waals surface area contributed by atoms with E-state index in [-0.39, 0.29) is 0 Å². The summed E-state index contributed by atoms with van der Waals surface area (Å²) in [7, 11) is 0. The molecular formula is C14H28N2. The molecule has 94 valence electrons. The SMILES string of the molecule is CCC(C)N(CC)CC1NCC2CCCC21. The number of fused-ring (bicyclic) bond motifs is 1. The van der Waals surface area contributed by atoms with Gasteiger partial charge in [0.05, 0.1) is 0 Å². The zero-order valence-corrected chi connectivity index (χ0v) is 11.2. The van der Waals surface area contributed by atoms with Crippen LogP contribution >= 0.6 is 0 Å². The van der Waals surface area contributed by atoms with Crippen LogP contribution in [0.3, 0.4) is 0 Å². The minimum atomic E-state index is 0.743. The molecule has 1 heterocycles. The Labute approximate surface area is 101 Å². The lowest BCUT2D eigenvalue weighted by Gasteiger charge is -2.31. The second-order valence-electron chi connectivity index (χ2n) is 5.71. The standard InChI is InChI=1S/C14H28N2/c1-4-11(3)16(5-2)10-14-13-8-6-7-12(13)9-15-14/h11-15H,4-10H2,1-3H3. The maximum absolute atomic E-state index is 3.76. The van der Waals surface area contributed by atoms with Gasteiger partial charge in [-0.2, -0.15) is 0 Å². The van der Waals surface area contributed by atoms with E-state index in [2.05, 4.69) is 31.0 Å². The Balaban J connectivity index is 1.88. The number of likely N-dealkylation sites (N-methyl/N-ethyl adjacent to an activating group) is 1. The molecule has 1 saturated heterocycles. The summed E-state index contributed by atoms with van der Waals surface area (Å²) in [5.74, 6) is 1.98. The summed E-state index contributed by atoms with van der Waals surface area (Å²) in [5, 5.41) is 3.76. The van der Waals surface area contributed by atoms with Crippen molar-refractivity contribution in [3.63, 3.8) is 0 Å². The number of hydrogen-bond acceptors (Lipinski definition) is 2. The van der Waals surface area contributed by atoms with Gasteiger partial charge in [0.2, 0.25) is 0 Å². The van der Waals surface area contributed by atoms with E-state index in [1.807, 2.05) is 0 Å². The fourth-order valence-corrected chi connectivity index (χ4v) is 3.63. The predicted molar refractivity (Wildman–Crippen MR) is 69.6 cm³/mol. The molecule has 0 spiro atoms. The monoisotopic (exact) mass is 224 g/mol. The summed E-state index contributed by atoms with van der Waals surface area (Å²) in [5.41, 5.74) is 0. The van der Waals surface area contributed by atoms with Crippen LogP contribution in [0.4, 0.5) is 0 Å². The predicted octanol–water partition coefficient (Wildman–Crippen LogP) is 2.49. The van der Waals surface area contributed by atoms with Crippen LogP contribution in [0, 0.1) is 11.8 Å². The number of nitrogens with zero attached hydrogens (tertiary/aromatic N) is 1. The maximum atomic E-state index is 3.76. The first-order chi connectivity index (χ1) is 7.76. The third-order valence-electron chi connectivity index (χ3n) is 4.93. The van der Waals surface area contributed by atoms with Crippen LogP contribution < -0.4 is 5.32 Å². The third kappa shape index (κ3) is 2.43. The summed E-state index contributed by atoms with van der Waals surface area (Å²) in [4.78, 5) is 2.65. The van der Waals surface area contributed by atoms with Crippen LogP contribution in [-0.4, -0.2) is 36.6 Å². The highest BCUT2D eigenvalue weighted by Gasteiger charge is 2.39. The van der Waals surface area contributed by atoms with Gasteiger partial charge in [0.25, 0.3) is 0 Å². The molecule has 0 amide bonds. The quantitative estimate of drug-likeness (QED) is 0.772. The van der Waals surface area contributed by atoms with E-state index in [1.54, 1.807) is 0 Å². The van der Waals surface area contributed by atoms with Gasteiger partial charge < -0.3 is 5.32 Å². The molecule has 4 unspecified atom stereocenters. The largest absolute Gasteiger partial charge is 0.312 e. The van der Waals surface area contributed by atoms with Crippen molar-refractivity contribution in [2.24, 2.45) is 11.8 Å². The fourth-order valence-electron chi connectivity index (χ4n) is 3.63. The molecule has 1 saturated carbocycles. The van der Waals surface area contributed by atoms with E-state index in [9.17, 15) is 0 Å². The van der Waals surface area contributed by atoms with E-state index in [4.69, 9.17) is 0 Å². The highest BCUT2D eigenvalue weighted by Crippen LogP contribution is 2.37. The molecule has 4 atom stereocenters. The highest BCUT2D eigenvalue weighted by molar-refractivity contribution is 4.95. The molecule has 1 aliphatic carbocycles. The molecular weight excluding hydrogens is 196 g/mol. The van der Waals surface area contributed by atoms with Crippen LogP contribution in [0.2, 0.25) is 0 Å². The van der Waals surface area contributed by atoms with Gasteiger partial charge in [-0.1, -0.05) is 20.3 Å². The molecule has 0 aromatic rings. The molecule has 2 aliphatic rings. The summed E-state index contributed by atoms with van der Waals surface area (Å²) < 4.78 is 0. The van der Waals surface area contributed by atoms with Crippen molar-refractivity contribution in [3.8, 4) is 0 Å². The lowest BCUT2D eigenvalue weighted by molar-refractivity contribution is 0.180. The van der Waals surface area contributed by atoms with Crippen molar-refractivity contribution in [1.29, 1.82) is 0 Å². The van der Waals surface area contributed by atoms with Crippen molar-refractivity contribution >= 4 is 0 Å². The fraction of sp³-hybridized carbons (Fsp3) is 1.00. The number of hydrogen-bond donors (Lipinski definition) is 1. The van der Waals surface area contributed by atoms with Crippen LogP contribution in [-0.2, 0) is 0 Å². The molecule has 2 fully saturated rings. The number of rotatable bonds is 5. The van der Waals surface area contributed by atoms with E-state index in [0.717, 1.165) is 23.9 Å². The Kier molecular flexibility index (Phi) is 4.26. The van der Waals surface area contributed by atoms with Crippen molar-refractivity contribution in [2.45, 2.75) is 58.5 Å². The summed E-state index contributed by atoms with van der Waals surface area (Å²) in [6.45, 7) is 10.7. The summed E-state index contributed by atoms with van der Waals surface area (Å²) in [6, 6.07) is 1.52. The molecule has 2 heteroatoms. The molecule has 2 rings (SSSR count). The Morgan fingerprint density at radius 3 is 2.81 bits per heavy atom. The maximum Gasteiger partial charge on any atom is 0.0226 e. The molecule has 0 aromatic carbocycles. The first kappa shape index (κ1) is 12.4. The summed E-state index contributed by atoms with van der Waals surface area (Å²) >= 11 is 0. The van der Waals surface area contributed by atoms with Gasteiger partial charge in [0, 0.05) is 18.6 Å². The molecule has 1 aliphatic heterocycles. The van der Waals surface area contributed by atoms with Gasteiger partial charge in [-0.25, -0.2) is 0 Å². The van der Waals surface area contributed by atoms with E-state index >= 15 is 0 Å². The molecule has 16 heavy (non-hydrogen) atoms. The normalized spacial score (nSPS) is 35.6. The van der Waals surface area contributed by atoms with Crippen LogP contribution in [0.5, 0.6) is 0 Å². The smallest absolute Gasteiger partial charge is 0.0226 e. The zero-order valence-electron chi connectivity index (χ0n) is 11.2. The highest BCUT2D eigenvalue weighted by atomic mass is 15.2. The van der Waals surface area contributed by atoms with Crippen molar-refractivity contribution in [3.05, 3.63) is 0 Å². The van der Waals surface area contributed by atoms with E-state index in [0.29, 0.717) is 0 Å². The third-order valence-corrected chi connectivity index (χ3v) is 4.93. The molecule has 0 radical (unpaired) electrons. The minimum absolute atomic E-state index is 0.743. The number of nitrogens with one attached hydrogen (secondary N) is 1. The topological polar surface area (TPSA) is 15.3 Å². The Bertz CT molecular complexity index is 217. The molecule has 0 bridgehead atoms.